The molecule has 31 heavy (non-hydrogen) atoms. The van der Waals surface area contributed by atoms with E-state index in [1.807, 2.05) is 31.2 Å². The minimum Gasteiger partial charge on any atom is -0.427 e. The molecule has 2 atom stereocenters. The third-order valence-electron chi connectivity index (χ3n) is 6.24. The lowest BCUT2D eigenvalue weighted by Gasteiger charge is -2.39. The third-order valence-corrected chi connectivity index (χ3v) is 6.24. The van der Waals surface area contributed by atoms with Gasteiger partial charge in [0.25, 0.3) is 0 Å². The fourth-order valence-corrected chi connectivity index (χ4v) is 4.86. The molecular weight excluding hydrogens is 393 g/mol. The monoisotopic (exact) mass is 417 g/mol. The quantitative estimate of drug-likeness (QED) is 0.522. The molecule has 5 rings (SSSR count). The van der Waals surface area contributed by atoms with Gasteiger partial charge in [-0.05, 0) is 48.6 Å². The van der Waals surface area contributed by atoms with Crippen LogP contribution in [0, 0.1) is 0 Å². The van der Waals surface area contributed by atoms with Gasteiger partial charge in [0.1, 0.15) is 0 Å². The molecule has 0 radical (unpaired) electrons. The van der Waals surface area contributed by atoms with Gasteiger partial charge in [0.15, 0.2) is 0 Å². The minimum absolute atomic E-state index is 0.243. The van der Waals surface area contributed by atoms with Gasteiger partial charge in [-0.1, -0.05) is 48.5 Å². The van der Waals surface area contributed by atoms with Gasteiger partial charge in [0.05, 0.1) is 24.4 Å². The summed E-state index contributed by atoms with van der Waals surface area (Å²) in [6.07, 6.45) is 1.44. The second-order valence-electron chi connectivity index (χ2n) is 8.23. The van der Waals surface area contributed by atoms with Gasteiger partial charge < -0.3 is 9.68 Å². The number of benzene rings is 2. The van der Waals surface area contributed by atoms with Crippen molar-refractivity contribution in [3.05, 3.63) is 98.3 Å². The second-order valence-corrected chi connectivity index (χ2v) is 8.23. The van der Waals surface area contributed by atoms with Crippen LogP contribution in [0.4, 0.5) is 0 Å². The zero-order valence-electron chi connectivity index (χ0n) is 17.3. The largest absolute Gasteiger partial charge is 0.457 e. The maximum atomic E-state index is 13.3. The summed E-state index contributed by atoms with van der Waals surface area (Å²) in [5.41, 5.74) is 3.01. The smallest absolute Gasteiger partial charge is 0.427 e. The summed E-state index contributed by atoms with van der Waals surface area (Å²) in [6.45, 7) is 2.32. The number of para-hydroxylation sites is 1. The molecule has 3 aromatic rings. The highest BCUT2D eigenvalue weighted by Gasteiger charge is 2.42. The van der Waals surface area contributed by atoms with Crippen molar-refractivity contribution in [1.82, 2.24) is 13.9 Å². The summed E-state index contributed by atoms with van der Waals surface area (Å²) in [5, 5.41) is 10.5. The second kappa shape index (κ2) is 7.87. The number of hydrogen-bond donors (Lipinski definition) is 1. The maximum Gasteiger partial charge on any atom is 0.457 e. The van der Waals surface area contributed by atoms with Gasteiger partial charge in [0.2, 0.25) is 0 Å². The maximum absolute atomic E-state index is 13.3. The van der Waals surface area contributed by atoms with Crippen molar-refractivity contribution in [3.63, 3.8) is 0 Å². The van der Waals surface area contributed by atoms with E-state index in [2.05, 4.69) is 12.1 Å². The highest BCUT2D eigenvalue weighted by Crippen LogP contribution is 2.38. The lowest BCUT2D eigenvalue weighted by Crippen LogP contribution is -2.46. The molecule has 3 heterocycles. The summed E-state index contributed by atoms with van der Waals surface area (Å²) >= 11 is 0. The van der Waals surface area contributed by atoms with E-state index in [4.69, 9.17) is 4.65 Å². The van der Waals surface area contributed by atoms with E-state index >= 15 is 0 Å². The first-order chi connectivity index (χ1) is 15.0. The van der Waals surface area contributed by atoms with Gasteiger partial charge in [-0.3, -0.25) is 0 Å². The zero-order chi connectivity index (χ0) is 21.5. The number of rotatable bonds is 4. The SMILES string of the molecule is CC1=C2[C@@H](CCc3ccccc3)OB(O)C[C@@H]2n2c(=O)n(-c3ccccc3)c(=O)n2C1. The van der Waals surface area contributed by atoms with Crippen LogP contribution in [0.3, 0.4) is 0 Å². The fourth-order valence-electron chi connectivity index (χ4n) is 4.86. The van der Waals surface area contributed by atoms with Crippen LogP contribution in [0.5, 0.6) is 0 Å². The summed E-state index contributed by atoms with van der Waals surface area (Å²) in [7, 11) is -0.990. The molecule has 1 aromatic heterocycles. The molecule has 0 unspecified atom stereocenters. The number of hydrogen-bond acceptors (Lipinski definition) is 4. The molecule has 7 nitrogen and oxygen atoms in total. The van der Waals surface area contributed by atoms with E-state index in [0.29, 0.717) is 18.7 Å². The molecule has 0 bridgehead atoms. The average molecular weight is 417 g/mol. The van der Waals surface area contributed by atoms with Crippen LogP contribution in [-0.4, -0.2) is 32.2 Å². The first-order valence-electron chi connectivity index (χ1n) is 10.6. The highest BCUT2D eigenvalue weighted by atomic mass is 16.5. The van der Waals surface area contributed by atoms with Crippen molar-refractivity contribution in [2.45, 2.75) is 44.8 Å². The van der Waals surface area contributed by atoms with Crippen molar-refractivity contribution in [3.8, 4) is 5.69 Å². The average Bonchev–Trinajstić information content (AvgIpc) is 3.03. The Hall–Kier alpha value is -3.10. The summed E-state index contributed by atoms with van der Waals surface area (Å²) in [6, 6.07) is 18.7. The minimum atomic E-state index is -0.990. The summed E-state index contributed by atoms with van der Waals surface area (Å²) in [5.74, 6) is 0. The molecule has 8 heteroatoms. The molecule has 0 aliphatic carbocycles. The number of aryl methyl sites for hydroxylation is 1. The predicted octanol–water partition coefficient (Wildman–Crippen LogP) is 2.18. The third kappa shape index (κ3) is 3.41. The van der Waals surface area contributed by atoms with Crippen LogP contribution >= 0.6 is 0 Å². The van der Waals surface area contributed by atoms with E-state index in [0.717, 1.165) is 17.6 Å². The Morgan fingerprint density at radius 2 is 1.71 bits per heavy atom. The highest BCUT2D eigenvalue weighted by molar-refractivity contribution is 6.43. The molecule has 2 aromatic carbocycles. The molecule has 1 N–H and O–H groups in total. The predicted molar refractivity (Wildman–Crippen MR) is 118 cm³/mol. The van der Waals surface area contributed by atoms with E-state index in [9.17, 15) is 14.6 Å². The van der Waals surface area contributed by atoms with Crippen LogP contribution in [0.2, 0.25) is 6.32 Å². The zero-order valence-corrected chi connectivity index (χ0v) is 17.3. The Morgan fingerprint density at radius 3 is 2.42 bits per heavy atom. The first-order valence-corrected chi connectivity index (χ1v) is 10.6. The van der Waals surface area contributed by atoms with Gasteiger partial charge in [-0.25, -0.2) is 23.5 Å². The number of allylic oxidation sites excluding steroid dienone is 1. The lowest BCUT2D eigenvalue weighted by molar-refractivity contribution is 0.141. The van der Waals surface area contributed by atoms with E-state index in [-0.39, 0.29) is 23.8 Å². The summed E-state index contributed by atoms with van der Waals surface area (Å²) in [4.78, 5) is 26.5. The molecule has 1 saturated heterocycles. The Bertz CT molecular complexity index is 1240. The van der Waals surface area contributed by atoms with Gasteiger partial charge in [-0.2, -0.15) is 0 Å². The van der Waals surface area contributed by atoms with Crippen LogP contribution in [0.15, 0.2) is 81.4 Å². The fraction of sp³-hybridized carbons (Fsp3) is 0.304. The Balaban J connectivity index is 1.54. The Morgan fingerprint density at radius 1 is 1.03 bits per heavy atom. The molecule has 0 spiro atoms. The van der Waals surface area contributed by atoms with Crippen molar-refractivity contribution in [2.24, 2.45) is 0 Å². The van der Waals surface area contributed by atoms with Crippen molar-refractivity contribution < 1.29 is 9.68 Å². The topological polar surface area (TPSA) is 78.4 Å². The van der Waals surface area contributed by atoms with Crippen LogP contribution in [-0.2, 0) is 17.6 Å². The van der Waals surface area contributed by atoms with Crippen molar-refractivity contribution in [1.29, 1.82) is 0 Å². The van der Waals surface area contributed by atoms with Crippen LogP contribution < -0.4 is 11.4 Å². The van der Waals surface area contributed by atoms with Crippen molar-refractivity contribution in [2.75, 3.05) is 0 Å². The van der Waals surface area contributed by atoms with E-state index in [1.165, 1.54) is 19.5 Å². The number of fused-ring (bicyclic) bond motifs is 3. The Labute approximate surface area is 179 Å². The molecule has 2 aliphatic rings. The standard InChI is InChI=1S/C23H24BN3O4/c1-16-15-25-22(28)26(18-10-6-3-7-11-18)23(29)27(25)19-14-24(30)31-20(21(16)19)13-12-17-8-4-2-5-9-17/h2-11,19-20,30H,12-15H2,1H3/t19-,20+/m0/s1. The van der Waals surface area contributed by atoms with Crippen LogP contribution in [0.1, 0.15) is 24.9 Å². The van der Waals surface area contributed by atoms with E-state index < -0.39 is 13.2 Å². The van der Waals surface area contributed by atoms with E-state index in [1.54, 1.807) is 24.3 Å². The molecular formula is C23H24BN3O4. The number of nitrogens with zero attached hydrogens (tertiary/aromatic N) is 3. The lowest BCUT2D eigenvalue weighted by atomic mass is 9.71. The molecule has 0 amide bonds. The van der Waals surface area contributed by atoms with Gasteiger partial charge in [0, 0.05) is 6.32 Å². The van der Waals surface area contributed by atoms with Gasteiger partial charge in [-0.15, -0.1) is 0 Å². The summed E-state index contributed by atoms with van der Waals surface area (Å²) < 4.78 is 10.1. The van der Waals surface area contributed by atoms with Crippen LogP contribution in [0.25, 0.3) is 5.69 Å². The Kier molecular flexibility index (Phi) is 5.04. The molecule has 2 aliphatic heterocycles. The van der Waals surface area contributed by atoms with Crippen molar-refractivity contribution >= 4 is 7.12 Å². The normalized spacial score (nSPS) is 20.5. The molecule has 1 fully saturated rings. The first kappa shape index (κ1) is 19.8. The van der Waals surface area contributed by atoms with Gasteiger partial charge >= 0.3 is 18.5 Å². The molecule has 158 valence electrons. The molecule has 0 saturated carbocycles. The number of aromatic nitrogens is 3.